The van der Waals surface area contributed by atoms with Crippen molar-refractivity contribution in [2.24, 2.45) is 0 Å². The molecule has 408 valence electrons. The van der Waals surface area contributed by atoms with Gasteiger partial charge in [0.25, 0.3) is 0 Å². The second kappa shape index (κ2) is 33.1. The quantitative estimate of drug-likeness (QED) is 0.0996. The fraction of sp³-hybridized carbons (Fsp3) is 0.419. The van der Waals surface area contributed by atoms with Crippen LogP contribution in [0.15, 0.2) is 170 Å². The topological polar surface area (TPSA) is 6.48 Å². The van der Waals surface area contributed by atoms with Gasteiger partial charge in [0, 0.05) is 11.4 Å². The minimum Gasteiger partial charge on any atom is -0.401 e. The Kier molecular flexibility index (Phi) is 31.2. The molecular formula is C62H102N2S4Si6. The number of para-hydroxylation sites is 2. The zero-order chi connectivity index (χ0) is 56.6. The van der Waals surface area contributed by atoms with Crippen molar-refractivity contribution < 1.29 is 0 Å². The summed E-state index contributed by atoms with van der Waals surface area (Å²) < 4.78 is 4.98. The molecule has 0 aliphatic rings. The molecule has 6 aromatic rings. The van der Waals surface area contributed by atoms with E-state index < -0.39 is 45.4 Å². The van der Waals surface area contributed by atoms with Crippen LogP contribution in [0.2, 0.25) is 91.7 Å². The molecule has 0 aliphatic carbocycles. The van der Waals surface area contributed by atoms with Crippen molar-refractivity contribution in [2.45, 2.75) is 131 Å². The highest BCUT2D eigenvalue weighted by molar-refractivity contribution is 8.31. The van der Waals surface area contributed by atoms with Crippen molar-refractivity contribution >= 4 is 122 Å². The van der Waals surface area contributed by atoms with Gasteiger partial charge in [-0.25, -0.2) is 0 Å². The van der Waals surface area contributed by atoms with Crippen LogP contribution in [0.1, 0.15) is 50.7 Å². The highest BCUT2D eigenvalue weighted by atomic mass is 32.4. The van der Waals surface area contributed by atoms with Crippen molar-refractivity contribution in [3.05, 3.63) is 181 Å². The minimum atomic E-state index is -1.56. The molecular weight excluding hydrogens is 1070 g/mol. The lowest BCUT2D eigenvalue weighted by molar-refractivity contribution is 0.829. The molecule has 0 unspecified atom stereocenters. The van der Waals surface area contributed by atoms with Crippen LogP contribution < -0.4 is 29.9 Å². The van der Waals surface area contributed by atoms with Gasteiger partial charge in [-0.05, 0) is 95.0 Å². The van der Waals surface area contributed by atoms with E-state index in [1.54, 1.807) is 0 Å². The summed E-state index contributed by atoms with van der Waals surface area (Å²) in [6, 6.07) is 60.9. The molecule has 0 atom stereocenters. The lowest BCUT2D eigenvalue weighted by atomic mass is 9.93. The molecule has 0 bridgehead atoms. The molecule has 0 fully saturated rings. The van der Waals surface area contributed by atoms with Gasteiger partial charge in [-0.1, -0.05) is 277 Å². The van der Waals surface area contributed by atoms with Crippen LogP contribution in [0.4, 0.5) is 11.4 Å². The maximum absolute atomic E-state index is 2.57. The molecule has 0 aromatic heterocycles. The number of nitrogens with zero attached hydrogens (tertiary/aromatic N) is 2. The molecule has 0 amide bonds. The summed E-state index contributed by atoms with van der Waals surface area (Å²) in [4.78, 5) is 0. The van der Waals surface area contributed by atoms with E-state index in [-0.39, 0.29) is 0 Å². The van der Waals surface area contributed by atoms with Crippen molar-refractivity contribution in [3.8, 4) is 0 Å². The molecule has 2 nitrogen and oxygen atoms in total. The predicted molar refractivity (Wildman–Crippen MR) is 373 cm³/mol. The maximum Gasteiger partial charge on any atom is 0.174 e. The van der Waals surface area contributed by atoms with Crippen LogP contribution in [0, 0.1) is 0 Å². The fourth-order valence-corrected chi connectivity index (χ4v) is 18.3. The van der Waals surface area contributed by atoms with Crippen LogP contribution in [0.5, 0.6) is 0 Å². The fourth-order valence-electron chi connectivity index (χ4n) is 7.10. The molecule has 0 N–H and O–H groups in total. The van der Waals surface area contributed by atoms with E-state index in [1.165, 1.54) is 43.2 Å². The zero-order valence-corrected chi connectivity index (χ0v) is 60.1. The summed E-state index contributed by atoms with van der Waals surface area (Å²) >= 11 is 8.08. The van der Waals surface area contributed by atoms with Gasteiger partial charge in [-0.3, -0.25) is 0 Å². The number of hydrogen-bond donors (Lipinski definition) is 0. The molecule has 12 heteroatoms. The smallest absolute Gasteiger partial charge is 0.174 e. The molecule has 0 spiro atoms. The van der Waals surface area contributed by atoms with Gasteiger partial charge in [0.1, 0.15) is 30.9 Å². The van der Waals surface area contributed by atoms with Crippen LogP contribution in [0.25, 0.3) is 0 Å². The highest BCUT2D eigenvalue weighted by Gasteiger charge is 2.32. The van der Waals surface area contributed by atoms with Crippen molar-refractivity contribution in [1.82, 2.24) is 0 Å². The summed E-state index contributed by atoms with van der Waals surface area (Å²) in [5.74, 6) is 1.16. The Hall–Kier alpha value is -2.38. The summed E-state index contributed by atoms with van der Waals surface area (Å²) in [6.07, 6.45) is 8.83. The SMILES string of the molecule is CC(C)c1cccc(C(C)C)c1N(C)[Si](C)(C)C.CN(c1ccccc1)[Si](C)(C)C.CS[Si](C)(C)C.CS[Si](C)(C)C.CS[Si](C)(c1ccccc1)c1ccccc1.CS[Si](C)(c1ccccc1)c1ccccc1. The van der Waals surface area contributed by atoms with Crippen LogP contribution in [0.3, 0.4) is 0 Å². The van der Waals surface area contributed by atoms with Crippen LogP contribution in [-0.4, -0.2) is 84.5 Å². The standard InChI is InChI=1S/C16H29NSi.2C14H16SSi.C10H17NSi.2C4H12SSi/c1-12(2)14-10-9-11-15(13(3)4)16(14)17(5)18(6,7)8;2*1-15-16(2,13-9-5-3-6-10-13)14-11-7-4-8-12-14;1-11(12(2,3)4)10-8-6-5-7-9-10;2*1-5-6(2,3)4/h9-13H,1-8H3;2*3-12H,1-2H3;5-9H,1-4H3;2*1-4H3. The normalized spacial score (nSPS) is 11.7. The summed E-state index contributed by atoms with van der Waals surface area (Å²) in [5.41, 5.74) is 5.80. The lowest BCUT2D eigenvalue weighted by Gasteiger charge is -2.37. The monoisotopic (exact) mass is 1170 g/mol. The third-order valence-corrected chi connectivity index (χ3v) is 42.6. The lowest BCUT2D eigenvalue weighted by Crippen LogP contribution is -2.52. The van der Waals surface area contributed by atoms with E-state index in [0.717, 1.165) is 0 Å². The summed E-state index contributed by atoms with van der Waals surface area (Å²) in [5, 5.41) is 5.98. The Morgan fingerprint density at radius 1 is 0.311 bits per heavy atom. The Labute approximate surface area is 478 Å². The molecule has 0 heterocycles. The maximum atomic E-state index is 2.57. The molecule has 0 radical (unpaired) electrons. The number of benzene rings is 6. The van der Waals surface area contributed by atoms with E-state index in [2.05, 4.69) is 337 Å². The Bertz CT molecular complexity index is 2180. The van der Waals surface area contributed by atoms with Gasteiger partial charge in [0.2, 0.25) is 0 Å². The van der Waals surface area contributed by atoms with Crippen molar-refractivity contribution in [3.63, 3.8) is 0 Å². The average molecular weight is 1170 g/mol. The molecule has 0 saturated carbocycles. The first-order valence-electron chi connectivity index (χ1n) is 26.4. The molecule has 0 aliphatic heterocycles. The summed E-state index contributed by atoms with van der Waals surface area (Å²) in [6.45, 7) is 42.4. The van der Waals surface area contributed by atoms with E-state index in [9.17, 15) is 0 Å². The van der Waals surface area contributed by atoms with E-state index >= 15 is 0 Å². The zero-order valence-electron chi connectivity index (χ0n) is 50.8. The second-order valence-corrected chi connectivity index (χ2v) is 67.2. The minimum absolute atomic E-state index is 0.581. The van der Waals surface area contributed by atoms with E-state index in [4.69, 9.17) is 0 Å². The van der Waals surface area contributed by atoms with Crippen LogP contribution >= 0.6 is 44.8 Å². The Morgan fingerprint density at radius 3 is 0.730 bits per heavy atom. The van der Waals surface area contributed by atoms with Gasteiger partial charge in [-0.15, -0.1) is 0 Å². The van der Waals surface area contributed by atoms with Gasteiger partial charge >= 0.3 is 0 Å². The number of rotatable bonds is 14. The molecule has 6 aromatic carbocycles. The Morgan fingerprint density at radius 2 is 0.541 bits per heavy atom. The number of hydrogen-bond acceptors (Lipinski definition) is 6. The highest BCUT2D eigenvalue weighted by Crippen LogP contribution is 2.37. The van der Waals surface area contributed by atoms with Crippen molar-refractivity contribution in [2.75, 3.05) is 48.2 Å². The average Bonchev–Trinajstić information content (AvgIpc) is 3.38. The first-order valence-corrected chi connectivity index (χ1v) is 53.1. The second-order valence-electron chi connectivity index (χ2n) is 23.5. The van der Waals surface area contributed by atoms with Crippen LogP contribution in [-0.2, 0) is 0 Å². The molecule has 6 rings (SSSR count). The van der Waals surface area contributed by atoms with Gasteiger partial charge in [0.05, 0.1) is 0 Å². The van der Waals surface area contributed by atoms with Gasteiger partial charge in [-0.2, -0.15) is 44.8 Å². The van der Waals surface area contributed by atoms with Gasteiger partial charge in [0.15, 0.2) is 14.4 Å². The third-order valence-electron chi connectivity index (χ3n) is 13.2. The van der Waals surface area contributed by atoms with E-state index in [0.29, 0.717) is 11.8 Å². The largest absolute Gasteiger partial charge is 0.401 e. The van der Waals surface area contributed by atoms with Crippen molar-refractivity contribution in [1.29, 1.82) is 0 Å². The van der Waals surface area contributed by atoms with E-state index in [1.807, 2.05) is 44.8 Å². The molecule has 0 saturated heterocycles. The predicted octanol–water partition coefficient (Wildman–Crippen LogP) is 18.0. The number of anilines is 2. The first-order chi connectivity index (χ1) is 34.3. The third kappa shape index (κ3) is 24.5. The molecule has 74 heavy (non-hydrogen) atoms. The van der Waals surface area contributed by atoms with Gasteiger partial charge < -0.3 is 9.13 Å². The summed E-state index contributed by atoms with van der Waals surface area (Å²) in [7, 11) is -2.58. The Balaban J connectivity index is 0.000000462. The first kappa shape index (κ1) is 69.6.